The summed E-state index contributed by atoms with van der Waals surface area (Å²) < 4.78 is 0. The van der Waals surface area contributed by atoms with Crippen molar-refractivity contribution in [1.82, 2.24) is 9.80 Å². The van der Waals surface area contributed by atoms with E-state index in [2.05, 4.69) is 11.4 Å². The van der Waals surface area contributed by atoms with Crippen LogP contribution in [0.15, 0.2) is 11.4 Å². The van der Waals surface area contributed by atoms with Crippen molar-refractivity contribution in [3.63, 3.8) is 0 Å². The highest BCUT2D eigenvalue weighted by atomic mass is 32.1. The van der Waals surface area contributed by atoms with Crippen LogP contribution in [0.25, 0.3) is 0 Å². The lowest BCUT2D eigenvalue weighted by molar-refractivity contribution is -0.142. The fourth-order valence-electron chi connectivity index (χ4n) is 2.52. The zero-order chi connectivity index (χ0) is 15.4. The van der Waals surface area contributed by atoms with Crippen LogP contribution in [-0.2, 0) is 22.6 Å². The third kappa shape index (κ3) is 4.04. The summed E-state index contributed by atoms with van der Waals surface area (Å²) in [6.45, 7) is 6.47. The first-order valence-corrected chi connectivity index (χ1v) is 8.17. The summed E-state index contributed by atoms with van der Waals surface area (Å²) >= 11 is 1.76. The summed E-state index contributed by atoms with van der Waals surface area (Å²) in [6.07, 6.45) is 0.927. The lowest BCUT2D eigenvalue weighted by Crippen LogP contribution is -2.44. The maximum atomic E-state index is 12.4. The van der Waals surface area contributed by atoms with Crippen LogP contribution < -0.4 is 0 Å². The van der Waals surface area contributed by atoms with E-state index in [4.69, 9.17) is 5.11 Å². The fourth-order valence-corrected chi connectivity index (χ4v) is 3.41. The van der Waals surface area contributed by atoms with E-state index in [1.807, 2.05) is 16.7 Å². The Morgan fingerprint density at radius 3 is 2.95 bits per heavy atom. The molecule has 0 aliphatic carbocycles. The molecule has 2 rings (SSSR count). The van der Waals surface area contributed by atoms with Crippen molar-refractivity contribution >= 4 is 23.2 Å². The molecule has 0 saturated heterocycles. The van der Waals surface area contributed by atoms with Gasteiger partial charge in [0.1, 0.15) is 0 Å². The Labute approximate surface area is 129 Å². The number of nitrogens with zero attached hydrogens (tertiary/aromatic N) is 2. The Balaban J connectivity index is 1.90. The number of fused-ring (bicyclic) bond motifs is 1. The van der Waals surface area contributed by atoms with E-state index in [9.17, 15) is 9.59 Å². The minimum atomic E-state index is -0.818. The quantitative estimate of drug-likeness (QED) is 0.868. The molecule has 1 aromatic rings. The van der Waals surface area contributed by atoms with Crippen molar-refractivity contribution in [2.75, 3.05) is 26.2 Å². The van der Waals surface area contributed by atoms with Crippen molar-refractivity contribution in [3.8, 4) is 0 Å². The molecule has 2 heterocycles. The number of carboxylic acids is 1. The van der Waals surface area contributed by atoms with Crippen LogP contribution in [0.2, 0.25) is 0 Å². The van der Waals surface area contributed by atoms with Gasteiger partial charge in [0.15, 0.2) is 0 Å². The van der Waals surface area contributed by atoms with Gasteiger partial charge in [-0.3, -0.25) is 14.5 Å². The first kappa shape index (κ1) is 16.0. The van der Waals surface area contributed by atoms with Crippen LogP contribution in [0.5, 0.6) is 0 Å². The number of thiophene rings is 1. The number of carbonyl (C=O) groups excluding carboxylic acids is 1. The Hall–Kier alpha value is -1.40. The van der Waals surface area contributed by atoms with Crippen LogP contribution in [0.1, 0.15) is 24.3 Å². The maximum Gasteiger partial charge on any atom is 0.307 e. The minimum absolute atomic E-state index is 0.0892. The summed E-state index contributed by atoms with van der Waals surface area (Å²) in [4.78, 5) is 28.5. The van der Waals surface area contributed by atoms with Crippen LogP contribution in [0, 0.1) is 5.92 Å². The lowest BCUT2D eigenvalue weighted by atomic mass is 10.1. The molecule has 0 bridgehead atoms. The molecule has 1 aliphatic heterocycles. The van der Waals surface area contributed by atoms with Gasteiger partial charge in [-0.2, -0.15) is 0 Å². The predicted molar refractivity (Wildman–Crippen MR) is 82.4 cm³/mol. The van der Waals surface area contributed by atoms with E-state index in [1.54, 1.807) is 18.3 Å². The fraction of sp³-hybridized carbons (Fsp3) is 0.600. The molecular weight excluding hydrogens is 288 g/mol. The highest BCUT2D eigenvalue weighted by Crippen LogP contribution is 2.24. The smallest absolute Gasteiger partial charge is 0.307 e. The van der Waals surface area contributed by atoms with Crippen LogP contribution >= 0.6 is 11.3 Å². The normalized spacial score (nSPS) is 15.9. The predicted octanol–water partition coefficient (Wildman–Crippen LogP) is 1.68. The number of carbonyl (C=O) groups is 2. The number of hydrogen-bond donors (Lipinski definition) is 1. The van der Waals surface area contributed by atoms with Gasteiger partial charge in [0.2, 0.25) is 5.91 Å². The van der Waals surface area contributed by atoms with E-state index >= 15 is 0 Å². The van der Waals surface area contributed by atoms with Crippen molar-refractivity contribution in [3.05, 3.63) is 21.9 Å². The molecule has 1 aromatic heterocycles. The van der Waals surface area contributed by atoms with Crippen molar-refractivity contribution in [2.24, 2.45) is 5.92 Å². The minimum Gasteiger partial charge on any atom is -0.481 e. The molecule has 5 nitrogen and oxygen atoms in total. The Kier molecular flexibility index (Phi) is 5.36. The van der Waals surface area contributed by atoms with Crippen molar-refractivity contribution < 1.29 is 14.7 Å². The average Bonchev–Trinajstić information content (AvgIpc) is 2.93. The molecule has 1 amide bonds. The first-order valence-electron chi connectivity index (χ1n) is 7.29. The second-order valence-electron chi connectivity index (χ2n) is 5.50. The lowest BCUT2D eigenvalue weighted by Gasteiger charge is -2.30. The third-order valence-electron chi connectivity index (χ3n) is 3.92. The summed E-state index contributed by atoms with van der Waals surface area (Å²) in [5.41, 5.74) is 1.25. The summed E-state index contributed by atoms with van der Waals surface area (Å²) in [7, 11) is 0. The van der Waals surface area contributed by atoms with Gasteiger partial charge in [0, 0.05) is 24.5 Å². The monoisotopic (exact) mass is 310 g/mol. The SMILES string of the molecule is CCN(CC(=O)N1CCc2sccc2C1)CC(C)C(=O)O. The van der Waals surface area contributed by atoms with Crippen LogP contribution in [0.3, 0.4) is 0 Å². The topological polar surface area (TPSA) is 60.9 Å². The third-order valence-corrected chi connectivity index (χ3v) is 4.94. The van der Waals surface area contributed by atoms with E-state index in [1.165, 1.54) is 10.4 Å². The second-order valence-corrected chi connectivity index (χ2v) is 6.50. The Bertz CT molecular complexity index is 515. The van der Waals surface area contributed by atoms with Crippen molar-refractivity contribution in [1.29, 1.82) is 0 Å². The molecule has 1 N–H and O–H groups in total. The summed E-state index contributed by atoms with van der Waals surface area (Å²) in [5.74, 6) is -1.18. The highest BCUT2D eigenvalue weighted by Gasteiger charge is 2.24. The second kappa shape index (κ2) is 7.04. The number of amides is 1. The van der Waals surface area contributed by atoms with Gasteiger partial charge in [-0.05, 0) is 30.0 Å². The molecule has 6 heteroatoms. The molecular formula is C15H22N2O3S. The molecule has 0 radical (unpaired) electrons. The standard InChI is InChI=1S/C15H22N2O3S/c1-3-16(8-11(2)15(19)20)10-14(18)17-6-4-13-12(9-17)5-7-21-13/h5,7,11H,3-4,6,8-10H2,1-2H3,(H,19,20). The molecule has 1 unspecified atom stereocenters. The summed E-state index contributed by atoms with van der Waals surface area (Å²) in [6, 6.07) is 2.09. The Morgan fingerprint density at radius 1 is 1.52 bits per heavy atom. The molecule has 116 valence electrons. The highest BCUT2D eigenvalue weighted by molar-refractivity contribution is 7.10. The van der Waals surface area contributed by atoms with Gasteiger partial charge in [-0.25, -0.2) is 0 Å². The summed E-state index contributed by atoms with van der Waals surface area (Å²) in [5, 5.41) is 11.0. The number of aliphatic carboxylic acids is 1. The first-order chi connectivity index (χ1) is 10.0. The van der Waals surface area contributed by atoms with E-state index in [-0.39, 0.29) is 5.91 Å². The van der Waals surface area contributed by atoms with E-state index < -0.39 is 11.9 Å². The van der Waals surface area contributed by atoms with Gasteiger partial charge < -0.3 is 10.0 Å². The van der Waals surface area contributed by atoms with Gasteiger partial charge in [0.25, 0.3) is 0 Å². The Morgan fingerprint density at radius 2 is 2.29 bits per heavy atom. The van der Waals surface area contributed by atoms with Gasteiger partial charge in [-0.15, -0.1) is 11.3 Å². The molecule has 0 spiro atoms. The number of hydrogen-bond acceptors (Lipinski definition) is 4. The molecule has 21 heavy (non-hydrogen) atoms. The number of carboxylic acid groups (broad SMARTS) is 1. The molecule has 0 saturated carbocycles. The zero-order valence-corrected chi connectivity index (χ0v) is 13.4. The van der Waals surface area contributed by atoms with Gasteiger partial charge in [-0.1, -0.05) is 13.8 Å². The average molecular weight is 310 g/mol. The van der Waals surface area contributed by atoms with Gasteiger partial charge >= 0.3 is 5.97 Å². The molecule has 1 atom stereocenters. The number of likely N-dealkylation sites (N-methyl/N-ethyl adjacent to an activating group) is 1. The van der Waals surface area contributed by atoms with E-state index in [0.29, 0.717) is 26.2 Å². The molecule has 0 aromatic carbocycles. The van der Waals surface area contributed by atoms with Crippen molar-refractivity contribution in [2.45, 2.75) is 26.8 Å². The zero-order valence-electron chi connectivity index (χ0n) is 12.5. The largest absolute Gasteiger partial charge is 0.481 e. The van der Waals surface area contributed by atoms with Crippen LogP contribution in [-0.4, -0.2) is 53.0 Å². The number of rotatable bonds is 6. The van der Waals surface area contributed by atoms with Crippen LogP contribution in [0.4, 0.5) is 0 Å². The van der Waals surface area contributed by atoms with E-state index in [0.717, 1.165) is 13.0 Å². The van der Waals surface area contributed by atoms with Gasteiger partial charge in [0.05, 0.1) is 12.5 Å². The molecule has 1 aliphatic rings. The molecule has 0 fully saturated rings. The maximum absolute atomic E-state index is 12.4.